The second-order valence-corrected chi connectivity index (χ2v) is 4.20. The summed E-state index contributed by atoms with van der Waals surface area (Å²) in [5, 5.41) is 2.12. The summed E-state index contributed by atoms with van der Waals surface area (Å²) in [5.41, 5.74) is 0.158. The molecular weight excluding hydrogens is 248 g/mol. The summed E-state index contributed by atoms with van der Waals surface area (Å²) in [7, 11) is 1.29. The van der Waals surface area contributed by atoms with Crippen LogP contribution in [0.3, 0.4) is 0 Å². The summed E-state index contributed by atoms with van der Waals surface area (Å²) >= 11 is 7.29. The van der Waals surface area contributed by atoms with E-state index in [1.807, 2.05) is 17.5 Å². The lowest BCUT2D eigenvalue weighted by Gasteiger charge is -2.01. The highest BCUT2D eigenvalue weighted by Crippen LogP contribution is 2.22. The molecule has 0 spiro atoms. The topological polar surface area (TPSA) is 52.1 Å². The Morgan fingerprint density at radius 3 is 2.94 bits per heavy atom. The normalized spacial score (nSPS) is 10.1. The van der Waals surface area contributed by atoms with Crippen molar-refractivity contribution in [3.8, 4) is 10.7 Å². The molecule has 0 saturated heterocycles. The van der Waals surface area contributed by atoms with Crippen LogP contribution in [-0.2, 0) is 4.74 Å². The van der Waals surface area contributed by atoms with Crippen LogP contribution in [0.5, 0.6) is 0 Å². The fourth-order valence-corrected chi connectivity index (χ4v) is 1.98. The van der Waals surface area contributed by atoms with E-state index in [4.69, 9.17) is 11.6 Å². The summed E-state index contributed by atoms with van der Waals surface area (Å²) in [6.07, 6.45) is 0. The van der Waals surface area contributed by atoms with Crippen molar-refractivity contribution in [2.75, 3.05) is 7.11 Å². The number of methoxy groups -OCH3 is 1. The first-order valence-electron chi connectivity index (χ1n) is 4.37. The van der Waals surface area contributed by atoms with Gasteiger partial charge in [0.05, 0.1) is 12.0 Å². The van der Waals surface area contributed by atoms with Crippen molar-refractivity contribution in [3.05, 3.63) is 34.4 Å². The highest BCUT2D eigenvalue weighted by atomic mass is 35.5. The first-order valence-corrected chi connectivity index (χ1v) is 5.63. The number of carbonyl (C=O) groups is 1. The van der Waals surface area contributed by atoms with Gasteiger partial charge in [-0.25, -0.2) is 14.8 Å². The second kappa shape index (κ2) is 4.59. The van der Waals surface area contributed by atoms with Crippen LogP contribution in [0.4, 0.5) is 0 Å². The second-order valence-electron chi connectivity index (χ2n) is 2.87. The standard InChI is InChI=1S/C10H7ClN2O2S/c1-15-10(14)6-5-8(11)13-9(12-6)7-3-2-4-16-7/h2-5H,1H3. The van der Waals surface area contributed by atoms with E-state index in [1.165, 1.54) is 24.5 Å². The van der Waals surface area contributed by atoms with Crippen LogP contribution in [0.15, 0.2) is 23.6 Å². The summed E-state index contributed by atoms with van der Waals surface area (Å²) < 4.78 is 4.58. The fraction of sp³-hybridized carbons (Fsp3) is 0.100. The van der Waals surface area contributed by atoms with E-state index in [1.54, 1.807) is 0 Å². The number of rotatable bonds is 2. The fourth-order valence-electron chi connectivity index (χ4n) is 1.14. The average molecular weight is 255 g/mol. The van der Waals surface area contributed by atoms with E-state index in [0.29, 0.717) is 5.82 Å². The number of carbonyl (C=O) groups excluding carboxylic acids is 1. The SMILES string of the molecule is COC(=O)c1cc(Cl)nc(-c2cccs2)n1. The van der Waals surface area contributed by atoms with E-state index in [2.05, 4.69) is 14.7 Å². The van der Waals surface area contributed by atoms with Gasteiger partial charge in [-0.2, -0.15) is 0 Å². The quantitative estimate of drug-likeness (QED) is 0.611. The van der Waals surface area contributed by atoms with Gasteiger partial charge in [-0.1, -0.05) is 17.7 Å². The molecule has 0 amide bonds. The van der Waals surface area contributed by atoms with E-state index in [9.17, 15) is 4.79 Å². The van der Waals surface area contributed by atoms with Crippen LogP contribution in [0.1, 0.15) is 10.5 Å². The third-order valence-corrected chi connectivity index (χ3v) is 2.89. The molecule has 6 heteroatoms. The van der Waals surface area contributed by atoms with Gasteiger partial charge in [-0.05, 0) is 11.4 Å². The lowest BCUT2D eigenvalue weighted by Crippen LogP contribution is -2.05. The summed E-state index contributed by atoms with van der Waals surface area (Å²) in [6.45, 7) is 0. The van der Waals surface area contributed by atoms with Crippen molar-refractivity contribution in [3.63, 3.8) is 0 Å². The van der Waals surface area contributed by atoms with Crippen LogP contribution in [-0.4, -0.2) is 23.0 Å². The molecule has 4 nitrogen and oxygen atoms in total. The van der Waals surface area contributed by atoms with Gasteiger partial charge in [-0.15, -0.1) is 11.3 Å². The average Bonchev–Trinajstić information content (AvgIpc) is 2.80. The molecule has 0 fully saturated rings. The Morgan fingerprint density at radius 2 is 2.31 bits per heavy atom. The molecule has 2 aromatic rings. The molecule has 0 bridgehead atoms. The largest absolute Gasteiger partial charge is 0.464 e. The molecule has 0 N–H and O–H groups in total. The molecule has 16 heavy (non-hydrogen) atoms. The third-order valence-electron chi connectivity index (χ3n) is 1.83. The maximum Gasteiger partial charge on any atom is 0.356 e. The molecule has 0 unspecified atom stereocenters. The van der Waals surface area contributed by atoms with E-state index < -0.39 is 5.97 Å². The summed E-state index contributed by atoms with van der Waals surface area (Å²) in [5.74, 6) is -0.0926. The Bertz CT molecular complexity index is 514. The van der Waals surface area contributed by atoms with Gasteiger partial charge in [0.25, 0.3) is 0 Å². The highest BCUT2D eigenvalue weighted by molar-refractivity contribution is 7.13. The molecule has 0 atom stereocenters. The van der Waals surface area contributed by atoms with Gasteiger partial charge < -0.3 is 4.74 Å². The zero-order valence-corrected chi connectivity index (χ0v) is 9.88. The number of thiophene rings is 1. The minimum Gasteiger partial charge on any atom is -0.464 e. The van der Waals surface area contributed by atoms with Gasteiger partial charge in [0.15, 0.2) is 11.5 Å². The third kappa shape index (κ3) is 2.20. The predicted octanol–water partition coefficient (Wildman–Crippen LogP) is 2.65. The van der Waals surface area contributed by atoms with Crippen LogP contribution in [0.25, 0.3) is 10.7 Å². The first kappa shape index (κ1) is 11.0. The number of esters is 1. The number of nitrogens with zero attached hydrogens (tertiary/aromatic N) is 2. The zero-order valence-electron chi connectivity index (χ0n) is 8.31. The molecule has 2 rings (SSSR count). The van der Waals surface area contributed by atoms with Gasteiger partial charge in [0.1, 0.15) is 5.15 Å². The molecule has 0 radical (unpaired) electrons. The van der Waals surface area contributed by atoms with Crippen molar-refractivity contribution in [2.45, 2.75) is 0 Å². The maximum atomic E-state index is 11.3. The van der Waals surface area contributed by atoms with Crippen molar-refractivity contribution in [2.24, 2.45) is 0 Å². The van der Waals surface area contributed by atoms with Crippen molar-refractivity contribution >= 4 is 28.9 Å². The van der Waals surface area contributed by atoms with Gasteiger partial charge in [0.2, 0.25) is 0 Å². The Hall–Kier alpha value is -1.46. The minimum absolute atomic E-state index is 0.158. The van der Waals surface area contributed by atoms with Gasteiger partial charge in [-0.3, -0.25) is 0 Å². The molecule has 0 aliphatic rings. The number of ether oxygens (including phenoxy) is 1. The Kier molecular flexibility index (Phi) is 3.17. The van der Waals surface area contributed by atoms with E-state index in [-0.39, 0.29) is 10.8 Å². The number of aromatic nitrogens is 2. The number of hydrogen-bond acceptors (Lipinski definition) is 5. The van der Waals surface area contributed by atoms with Gasteiger partial charge >= 0.3 is 5.97 Å². The van der Waals surface area contributed by atoms with Crippen molar-refractivity contribution < 1.29 is 9.53 Å². The molecule has 2 aromatic heterocycles. The summed E-state index contributed by atoms with van der Waals surface area (Å²) in [6, 6.07) is 5.12. The van der Waals surface area contributed by atoms with Crippen molar-refractivity contribution in [1.82, 2.24) is 9.97 Å². The molecule has 82 valence electrons. The minimum atomic E-state index is -0.526. The van der Waals surface area contributed by atoms with E-state index in [0.717, 1.165) is 4.88 Å². The lowest BCUT2D eigenvalue weighted by atomic mass is 10.3. The van der Waals surface area contributed by atoms with Crippen LogP contribution in [0.2, 0.25) is 5.15 Å². The molecule has 0 saturated carbocycles. The lowest BCUT2D eigenvalue weighted by molar-refractivity contribution is 0.0594. The van der Waals surface area contributed by atoms with Gasteiger partial charge in [0, 0.05) is 6.07 Å². The number of hydrogen-bond donors (Lipinski definition) is 0. The highest BCUT2D eigenvalue weighted by Gasteiger charge is 2.12. The number of halogens is 1. The molecule has 0 aliphatic carbocycles. The zero-order chi connectivity index (χ0) is 11.5. The molecule has 2 heterocycles. The Morgan fingerprint density at radius 1 is 1.50 bits per heavy atom. The Balaban J connectivity index is 2.48. The van der Waals surface area contributed by atoms with Crippen LogP contribution in [0, 0.1) is 0 Å². The smallest absolute Gasteiger partial charge is 0.356 e. The monoisotopic (exact) mass is 254 g/mol. The van der Waals surface area contributed by atoms with Crippen molar-refractivity contribution in [1.29, 1.82) is 0 Å². The maximum absolute atomic E-state index is 11.3. The van der Waals surface area contributed by atoms with E-state index >= 15 is 0 Å². The van der Waals surface area contributed by atoms with Crippen LogP contribution < -0.4 is 0 Å². The molecule has 0 aliphatic heterocycles. The Labute approximate surface area is 101 Å². The first-order chi connectivity index (χ1) is 7.70. The molecule has 0 aromatic carbocycles. The molecular formula is C10H7ClN2O2S. The summed E-state index contributed by atoms with van der Waals surface area (Å²) in [4.78, 5) is 20.3. The predicted molar refractivity (Wildman–Crippen MR) is 61.7 cm³/mol. The van der Waals surface area contributed by atoms with Crippen LogP contribution >= 0.6 is 22.9 Å².